The SMILES string of the molecule is CN1CCN(c2ccccc2C2=CCC(C(C)(C)C)CC2)CC1. The Bertz CT molecular complexity index is 559. The first-order valence-corrected chi connectivity index (χ1v) is 9.17. The summed E-state index contributed by atoms with van der Waals surface area (Å²) in [6.07, 6.45) is 6.31. The molecule has 1 heterocycles. The van der Waals surface area contributed by atoms with Gasteiger partial charge in [0, 0.05) is 37.4 Å². The maximum absolute atomic E-state index is 2.58. The third-order valence-electron chi connectivity index (χ3n) is 5.73. The third kappa shape index (κ3) is 3.80. The number of piperazine rings is 1. The molecule has 0 amide bonds. The zero-order valence-corrected chi connectivity index (χ0v) is 15.3. The molecule has 1 atom stereocenters. The maximum Gasteiger partial charge on any atom is 0.0443 e. The molecule has 126 valence electrons. The first-order valence-electron chi connectivity index (χ1n) is 9.17. The number of allylic oxidation sites excluding steroid dienone is 2. The highest BCUT2D eigenvalue weighted by atomic mass is 15.2. The van der Waals surface area contributed by atoms with Crippen LogP contribution in [0.15, 0.2) is 30.3 Å². The number of nitrogens with zero attached hydrogens (tertiary/aromatic N) is 2. The number of likely N-dealkylation sites (N-methyl/N-ethyl adjacent to an activating group) is 1. The summed E-state index contributed by atoms with van der Waals surface area (Å²) in [4.78, 5) is 5.00. The Hall–Kier alpha value is -1.28. The molecule has 0 radical (unpaired) electrons. The van der Waals surface area contributed by atoms with Gasteiger partial charge < -0.3 is 9.80 Å². The van der Waals surface area contributed by atoms with Crippen molar-refractivity contribution in [2.75, 3.05) is 38.1 Å². The third-order valence-corrected chi connectivity index (χ3v) is 5.73. The van der Waals surface area contributed by atoms with Crippen molar-refractivity contribution in [3.05, 3.63) is 35.9 Å². The first-order chi connectivity index (χ1) is 10.9. The fourth-order valence-corrected chi connectivity index (χ4v) is 3.93. The van der Waals surface area contributed by atoms with Crippen molar-refractivity contribution in [1.82, 2.24) is 4.90 Å². The molecule has 0 spiro atoms. The van der Waals surface area contributed by atoms with Crippen molar-refractivity contribution >= 4 is 11.3 Å². The maximum atomic E-state index is 2.58. The fourth-order valence-electron chi connectivity index (χ4n) is 3.93. The van der Waals surface area contributed by atoms with Gasteiger partial charge in [0.05, 0.1) is 0 Å². The second-order valence-electron chi connectivity index (χ2n) is 8.37. The highest BCUT2D eigenvalue weighted by Gasteiger charge is 2.27. The normalized spacial score (nSPS) is 23.7. The van der Waals surface area contributed by atoms with Crippen LogP contribution >= 0.6 is 0 Å². The van der Waals surface area contributed by atoms with Crippen molar-refractivity contribution in [2.45, 2.75) is 40.0 Å². The second kappa shape index (κ2) is 6.68. The van der Waals surface area contributed by atoms with Crippen LogP contribution in [-0.4, -0.2) is 38.1 Å². The summed E-state index contributed by atoms with van der Waals surface area (Å²) in [5.74, 6) is 0.821. The van der Waals surface area contributed by atoms with E-state index in [0.717, 1.165) is 19.0 Å². The molecule has 3 rings (SSSR count). The summed E-state index contributed by atoms with van der Waals surface area (Å²) >= 11 is 0. The minimum Gasteiger partial charge on any atom is -0.368 e. The van der Waals surface area contributed by atoms with Gasteiger partial charge in [-0.15, -0.1) is 0 Å². The number of rotatable bonds is 2. The zero-order valence-electron chi connectivity index (χ0n) is 15.3. The van der Waals surface area contributed by atoms with Gasteiger partial charge in [0.1, 0.15) is 0 Å². The molecule has 1 aliphatic heterocycles. The van der Waals surface area contributed by atoms with Crippen LogP contribution in [0.4, 0.5) is 5.69 Å². The van der Waals surface area contributed by atoms with E-state index in [2.05, 4.69) is 68.0 Å². The number of hydrogen-bond acceptors (Lipinski definition) is 2. The van der Waals surface area contributed by atoms with Crippen molar-refractivity contribution in [3.8, 4) is 0 Å². The quantitative estimate of drug-likeness (QED) is 0.783. The Morgan fingerprint density at radius 3 is 2.30 bits per heavy atom. The Morgan fingerprint density at radius 2 is 1.70 bits per heavy atom. The van der Waals surface area contributed by atoms with Crippen LogP contribution in [-0.2, 0) is 0 Å². The summed E-state index contributed by atoms with van der Waals surface area (Å²) in [6.45, 7) is 11.8. The Balaban J connectivity index is 1.80. The molecule has 0 N–H and O–H groups in total. The number of para-hydroxylation sites is 1. The van der Waals surface area contributed by atoms with Crippen molar-refractivity contribution < 1.29 is 0 Å². The van der Waals surface area contributed by atoms with E-state index in [1.807, 2.05) is 0 Å². The molecular weight excluding hydrogens is 280 g/mol. The van der Waals surface area contributed by atoms with E-state index in [-0.39, 0.29) is 0 Å². The number of benzene rings is 1. The van der Waals surface area contributed by atoms with Gasteiger partial charge in [-0.25, -0.2) is 0 Å². The molecule has 1 saturated heterocycles. The van der Waals surface area contributed by atoms with Crippen molar-refractivity contribution in [2.24, 2.45) is 11.3 Å². The zero-order chi connectivity index (χ0) is 16.4. The van der Waals surface area contributed by atoms with Crippen LogP contribution in [0, 0.1) is 11.3 Å². The first kappa shape index (κ1) is 16.6. The molecule has 1 aromatic rings. The molecule has 0 bridgehead atoms. The van der Waals surface area contributed by atoms with Gasteiger partial charge >= 0.3 is 0 Å². The van der Waals surface area contributed by atoms with Crippen LogP contribution in [0.3, 0.4) is 0 Å². The van der Waals surface area contributed by atoms with Gasteiger partial charge in [-0.3, -0.25) is 0 Å². The fraction of sp³-hybridized carbons (Fsp3) is 0.619. The Labute approximate surface area is 142 Å². The number of anilines is 1. The van der Waals surface area contributed by atoms with Crippen molar-refractivity contribution in [3.63, 3.8) is 0 Å². The van der Waals surface area contributed by atoms with E-state index < -0.39 is 0 Å². The van der Waals surface area contributed by atoms with Crippen molar-refractivity contribution in [1.29, 1.82) is 0 Å². The lowest BCUT2D eigenvalue weighted by molar-refractivity contribution is 0.225. The van der Waals surface area contributed by atoms with Crippen LogP contribution in [0.1, 0.15) is 45.6 Å². The standard InChI is InChI=1S/C21H32N2/c1-21(2,3)18-11-9-17(10-12-18)19-7-5-6-8-20(19)23-15-13-22(4)14-16-23/h5-9,18H,10-16H2,1-4H3. The summed E-state index contributed by atoms with van der Waals surface area (Å²) in [7, 11) is 2.22. The lowest BCUT2D eigenvalue weighted by Crippen LogP contribution is -2.44. The molecule has 0 saturated carbocycles. The van der Waals surface area contributed by atoms with E-state index >= 15 is 0 Å². The molecule has 1 fully saturated rings. The summed E-state index contributed by atoms with van der Waals surface area (Å²) < 4.78 is 0. The average molecular weight is 313 g/mol. The molecule has 0 aromatic heterocycles. The van der Waals surface area contributed by atoms with E-state index in [4.69, 9.17) is 0 Å². The van der Waals surface area contributed by atoms with E-state index in [9.17, 15) is 0 Å². The van der Waals surface area contributed by atoms with Gasteiger partial charge in [0.2, 0.25) is 0 Å². The molecule has 1 aliphatic carbocycles. The Kier molecular flexibility index (Phi) is 4.82. The molecular formula is C21H32N2. The van der Waals surface area contributed by atoms with Crippen LogP contribution in [0.25, 0.3) is 5.57 Å². The molecule has 23 heavy (non-hydrogen) atoms. The monoisotopic (exact) mass is 312 g/mol. The summed E-state index contributed by atoms with van der Waals surface area (Å²) in [6, 6.07) is 9.04. The van der Waals surface area contributed by atoms with Gasteiger partial charge in [-0.1, -0.05) is 45.0 Å². The molecule has 2 aliphatic rings. The molecule has 2 nitrogen and oxygen atoms in total. The molecule has 2 heteroatoms. The van der Waals surface area contributed by atoms with Crippen LogP contribution in [0.5, 0.6) is 0 Å². The van der Waals surface area contributed by atoms with Gasteiger partial charge in [-0.2, -0.15) is 0 Å². The minimum atomic E-state index is 0.430. The molecule has 1 unspecified atom stereocenters. The van der Waals surface area contributed by atoms with Gasteiger partial charge in [0.25, 0.3) is 0 Å². The van der Waals surface area contributed by atoms with Gasteiger partial charge in [0.15, 0.2) is 0 Å². The minimum absolute atomic E-state index is 0.430. The topological polar surface area (TPSA) is 6.48 Å². The molecule has 1 aromatic carbocycles. The van der Waals surface area contributed by atoms with Gasteiger partial charge in [-0.05, 0) is 49.3 Å². The number of hydrogen-bond donors (Lipinski definition) is 0. The summed E-state index contributed by atoms with van der Waals surface area (Å²) in [5.41, 5.74) is 4.92. The highest BCUT2D eigenvalue weighted by Crippen LogP contribution is 2.41. The largest absolute Gasteiger partial charge is 0.368 e. The second-order valence-corrected chi connectivity index (χ2v) is 8.37. The Morgan fingerprint density at radius 1 is 1.00 bits per heavy atom. The average Bonchev–Trinajstić information content (AvgIpc) is 2.55. The van der Waals surface area contributed by atoms with Crippen LogP contribution < -0.4 is 4.90 Å². The van der Waals surface area contributed by atoms with E-state index in [1.165, 1.54) is 43.6 Å². The lowest BCUT2D eigenvalue weighted by atomic mass is 9.72. The predicted molar refractivity (Wildman–Crippen MR) is 101 cm³/mol. The van der Waals surface area contributed by atoms with Crippen LogP contribution in [0.2, 0.25) is 0 Å². The van der Waals surface area contributed by atoms with E-state index in [0.29, 0.717) is 5.41 Å². The smallest absolute Gasteiger partial charge is 0.0443 e. The summed E-state index contributed by atoms with van der Waals surface area (Å²) in [5, 5.41) is 0. The predicted octanol–water partition coefficient (Wildman–Crippen LogP) is 4.67. The highest BCUT2D eigenvalue weighted by molar-refractivity contribution is 5.77. The lowest BCUT2D eigenvalue weighted by Gasteiger charge is -2.37. The van der Waals surface area contributed by atoms with E-state index in [1.54, 1.807) is 5.57 Å².